The fraction of sp³-hybridized carbons (Fsp3) is 0.250. The van der Waals surface area contributed by atoms with Crippen molar-refractivity contribution in [2.75, 3.05) is 13.1 Å². The van der Waals surface area contributed by atoms with Crippen LogP contribution in [0.3, 0.4) is 0 Å². The number of fused-ring (bicyclic) bond motifs is 5. The molecule has 0 bridgehead atoms. The zero-order valence-electron chi connectivity index (χ0n) is 14.6. The van der Waals surface area contributed by atoms with Crippen molar-refractivity contribution in [1.29, 1.82) is 0 Å². The number of Topliss-reactive ketones (excluding diaryl/α,β-unsaturated/α-hetero) is 1. The summed E-state index contributed by atoms with van der Waals surface area (Å²) in [5.41, 5.74) is -0.664. The number of aliphatic hydroxyl groups is 1. The summed E-state index contributed by atoms with van der Waals surface area (Å²) in [6.45, 7) is 0.742. The van der Waals surface area contributed by atoms with Crippen molar-refractivity contribution in [2.45, 2.75) is 11.6 Å². The molecule has 0 radical (unpaired) electrons. The maximum atomic E-state index is 13.5. The highest BCUT2D eigenvalue weighted by Crippen LogP contribution is 2.56. The summed E-state index contributed by atoms with van der Waals surface area (Å²) in [5, 5.41) is 26.9. The van der Waals surface area contributed by atoms with E-state index in [4.69, 9.17) is 0 Å². The summed E-state index contributed by atoms with van der Waals surface area (Å²) in [6.07, 6.45) is 0. The molecule has 0 saturated carbocycles. The molecular formula is C20H16FN3O4. The van der Waals surface area contributed by atoms with E-state index < -0.39 is 28.3 Å². The fourth-order valence-electron chi connectivity index (χ4n) is 4.82. The number of benzene rings is 2. The maximum Gasteiger partial charge on any atom is 0.294 e. The van der Waals surface area contributed by atoms with Gasteiger partial charge in [0.2, 0.25) is 0 Å². The van der Waals surface area contributed by atoms with Crippen LogP contribution in [0.2, 0.25) is 0 Å². The molecule has 28 heavy (non-hydrogen) atoms. The Balaban J connectivity index is 1.82. The quantitative estimate of drug-likeness (QED) is 0.610. The minimum absolute atomic E-state index is 0.181. The van der Waals surface area contributed by atoms with Crippen molar-refractivity contribution in [1.82, 2.24) is 10.2 Å². The molecule has 8 heteroatoms. The number of allylic oxidation sites excluding steroid dienone is 1. The maximum absolute atomic E-state index is 13.5. The number of ketones is 1. The predicted octanol–water partition coefficient (Wildman–Crippen LogP) is 1.93. The van der Waals surface area contributed by atoms with Gasteiger partial charge in [-0.05, 0) is 17.7 Å². The van der Waals surface area contributed by atoms with Crippen LogP contribution in [0.15, 0.2) is 60.0 Å². The zero-order chi connectivity index (χ0) is 19.6. The number of halogens is 1. The van der Waals surface area contributed by atoms with Crippen LogP contribution in [-0.4, -0.2) is 33.8 Å². The molecule has 142 valence electrons. The molecule has 3 atom stereocenters. The van der Waals surface area contributed by atoms with Crippen LogP contribution in [0, 0.1) is 21.8 Å². The van der Waals surface area contributed by atoms with Crippen molar-refractivity contribution < 1.29 is 19.2 Å². The third-order valence-corrected chi connectivity index (χ3v) is 5.91. The second kappa shape index (κ2) is 5.62. The fourth-order valence-corrected chi connectivity index (χ4v) is 4.82. The molecule has 1 fully saturated rings. The molecular weight excluding hydrogens is 365 g/mol. The Morgan fingerprint density at radius 2 is 1.93 bits per heavy atom. The average Bonchev–Trinajstić information content (AvgIpc) is 3.25. The van der Waals surface area contributed by atoms with E-state index in [9.17, 15) is 24.4 Å². The monoisotopic (exact) mass is 381 g/mol. The lowest BCUT2D eigenvalue weighted by Gasteiger charge is -2.45. The van der Waals surface area contributed by atoms with Crippen LogP contribution in [0.4, 0.5) is 4.39 Å². The van der Waals surface area contributed by atoms with E-state index in [0.717, 1.165) is 0 Å². The highest BCUT2D eigenvalue weighted by molar-refractivity contribution is 6.04. The van der Waals surface area contributed by atoms with Gasteiger partial charge >= 0.3 is 0 Å². The van der Waals surface area contributed by atoms with Gasteiger partial charge in [-0.25, -0.2) is 4.39 Å². The summed E-state index contributed by atoms with van der Waals surface area (Å²) < 4.78 is 13.5. The Kier molecular flexibility index (Phi) is 3.39. The third kappa shape index (κ3) is 1.98. The summed E-state index contributed by atoms with van der Waals surface area (Å²) >= 11 is 0. The molecule has 2 aromatic carbocycles. The summed E-state index contributed by atoms with van der Waals surface area (Å²) in [7, 11) is 0. The normalized spacial score (nSPS) is 27.9. The van der Waals surface area contributed by atoms with Crippen molar-refractivity contribution in [3.63, 3.8) is 0 Å². The summed E-state index contributed by atoms with van der Waals surface area (Å²) in [6, 6.07) is 12.0. The number of rotatable bonds is 2. The van der Waals surface area contributed by atoms with Crippen molar-refractivity contribution in [3.05, 3.63) is 92.7 Å². The molecule has 0 amide bonds. The smallest absolute Gasteiger partial charge is 0.294 e. The van der Waals surface area contributed by atoms with Gasteiger partial charge in [0.05, 0.1) is 16.8 Å². The molecule has 2 aliphatic heterocycles. The van der Waals surface area contributed by atoms with Gasteiger partial charge in [0.15, 0.2) is 17.3 Å². The number of nitro groups is 1. The third-order valence-electron chi connectivity index (χ3n) is 5.91. The van der Waals surface area contributed by atoms with Crippen LogP contribution in [0.1, 0.15) is 27.4 Å². The van der Waals surface area contributed by atoms with Gasteiger partial charge < -0.3 is 15.3 Å². The van der Waals surface area contributed by atoms with Crippen LogP contribution < -0.4 is 5.32 Å². The second-order valence-electron chi connectivity index (χ2n) is 7.21. The first-order valence-electron chi connectivity index (χ1n) is 8.96. The highest BCUT2D eigenvalue weighted by Gasteiger charge is 2.65. The van der Waals surface area contributed by atoms with Gasteiger partial charge in [-0.2, -0.15) is 0 Å². The molecule has 2 aromatic rings. The van der Waals surface area contributed by atoms with Crippen LogP contribution in [0.25, 0.3) is 0 Å². The minimum Gasteiger partial charge on any atom is -0.366 e. The first-order valence-corrected chi connectivity index (χ1v) is 8.96. The lowest BCUT2D eigenvalue weighted by Crippen LogP contribution is -2.55. The molecule has 1 saturated heterocycles. The minimum atomic E-state index is -1.70. The Morgan fingerprint density at radius 3 is 2.64 bits per heavy atom. The molecule has 0 spiro atoms. The lowest BCUT2D eigenvalue weighted by atomic mass is 9.74. The largest absolute Gasteiger partial charge is 0.366 e. The molecule has 0 unspecified atom stereocenters. The van der Waals surface area contributed by atoms with Crippen LogP contribution >= 0.6 is 0 Å². The van der Waals surface area contributed by atoms with Gasteiger partial charge in [-0.3, -0.25) is 14.9 Å². The van der Waals surface area contributed by atoms with E-state index in [2.05, 4.69) is 5.32 Å². The average molecular weight is 381 g/mol. The first-order chi connectivity index (χ1) is 13.4. The van der Waals surface area contributed by atoms with E-state index in [1.54, 1.807) is 24.3 Å². The Morgan fingerprint density at radius 1 is 1.21 bits per heavy atom. The number of hydrogen-bond donors (Lipinski definition) is 2. The molecule has 7 nitrogen and oxygen atoms in total. The topological polar surface area (TPSA) is 95.7 Å². The van der Waals surface area contributed by atoms with E-state index in [1.165, 1.54) is 29.2 Å². The summed E-state index contributed by atoms with van der Waals surface area (Å²) in [5.74, 6) is -2.73. The SMILES string of the molecule is O=C1c2ccccc2[C@]2(O)[C@H]1[C@@H](c1ccc(F)cc1)C([N+](=O)[O-])=C1NCCN12. The van der Waals surface area contributed by atoms with Gasteiger partial charge in [-0.1, -0.05) is 36.4 Å². The second-order valence-corrected chi connectivity index (χ2v) is 7.21. The van der Waals surface area contributed by atoms with Gasteiger partial charge in [0.1, 0.15) is 5.82 Å². The number of nitrogens with one attached hydrogen (secondary N) is 1. The Hall–Kier alpha value is -3.26. The van der Waals surface area contributed by atoms with Crippen molar-refractivity contribution >= 4 is 5.78 Å². The number of carbonyl (C=O) groups is 1. The van der Waals surface area contributed by atoms with E-state index >= 15 is 0 Å². The Bertz CT molecular complexity index is 1050. The molecule has 3 aliphatic rings. The number of carbonyl (C=O) groups excluding carboxylic acids is 1. The molecule has 1 aliphatic carbocycles. The van der Waals surface area contributed by atoms with E-state index in [0.29, 0.717) is 29.8 Å². The van der Waals surface area contributed by atoms with Gasteiger partial charge in [-0.15, -0.1) is 0 Å². The first kappa shape index (κ1) is 16.9. The number of hydrogen-bond acceptors (Lipinski definition) is 6. The lowest BCUT2D eigenvalue weighted by molar-refractivity contribution is -0.438. The highest BCUT2D eigenvalue weighted by atomic mass is 19.1. The standard InChI is InChI=1S/C20H16FN3O4/c21-12-7-5-11(6-8-12)15-16-18(25)13-3-1-2-4-14(13)20(16,26)23-10-9-22-19(23)17(15)24(27)28/h1-8,15-16,22,26H,9-10H2/t15-,16+,20+/m1/s1. The van der Waals surface area contributed by atoms with Crippen molar-refractivity contribution in [3.8, 4) is 0 Å². The number of nitrogens with zero attached hydrogens (tertiary/aromatic N) is 2. The van der Waals surface area contributed by atoms with Crippen LogP contribution in [0.5, 0.6) is 0 Å². The van der Waals surface area contributed by atoms with E-state index in [-0.39, 0.29) is 17.3 Å². The zero-order valence-corrected chi connectivity index (χ0v) is 14.6. The van der Waals surface area contributed by atoms with Gasteiger partial charge in [0.25, 0.3) is 5.70 Å². The van der Waals surface area contributed by atoms with Crippen molar-refractivity contribution in [2.24, 2.45) is 5.92 Å². The van der Waals surface area contributed by atoms with Gasteiger partial charge in [0, 0.05) is 24.2 Å². The molecule has 5 rings (SSSR count). The molecule has 2 heterocycles. The molecule has 0 aromatic heterocycles. The Labute approximate surface area is 159 Å². The van der Waals surface area contributed by atoms with E-state index in [1.807, 2.05) is 0 Å². The summed E-state index contributed by atoms with van der Waals surface area (Å²) in [4.78, 5) is 26.4. The molecule has 2 N–H and O–H groups in total. The predicted molar refractivity (Wildman–Crippen MR) is 96.0 cm³/mol. The van der Waals surface area contributed by atoms with Crippen LogP contribution in [-0.2, 0) is 5.72 Å².